The Bertz CT molecular complexity index is 777. The quantitative estimate of drug-likeness (QED) is 0.605. The van der Waals surface area contributed by atoms with Crippen LogP contribution < -0.4 is 5.32 Å². The molecule has 1 amide bonds. The Hall–Kier alpha value is -2.95. The van der Waals surface area contributed by atoms with Crippen molar-refractivity contribution < 1.29 is 19.1 Å². The molecule has 0 saturated carbocycles. The smallest absolute Gasteiger partial charge is 0.338 e. The molecule has 0 bridgehead atoms. The van der Waals surface area contributed by atoms with Crippen molar-refractivity contribution >= 4 is 23.3 Å². The molecule has 5 nitrogen and oxygen atoms in total. The fourth-order valence-electron chi connectivity index (χ4n) is 2.20. The maximum Gasteiger partial charge on any atom is 0.338 e. The summed E-state index contributed by atoms with van der Waals surface area (Å²) in [5.41, 5.74) is 2.58. The molecule has 0 unspecified atom stereocenters. The van der Waals surface area contributed by atoms with Gasteiger partial charge in [0.2, 0.25) is 5.91 Å². The third-order valence-corrected chi connectivity index (χ3v) is 3.93. The number of anilines is 1. The molecule has 1 N–H and O–H groups in total. The van der Waals surface area contributed by atoms with E-state index in [1.54, 1.807) is 50.2 Å². The van der Waals surface area contributed by atoms with Crippen LogP contribution in [0.3, 0.4) is 0 Å². The van der Waals surface area contributed by atoms with Crippen LogP contribution in [0.4, 0.5) is 5.69 Å². The SMILES string of the molecule is CCc1ccc(C(=O)COC(=O)c2ccc(NC(=O)C(C)C)cc2)cc1. The zero-order chi connectivity index (χ0) is 19.1. The predicted molar refractivity (Wildman–Crippen MR) is 100 cm³/mol. The predicted octanol–water partition coefficient (Wildman–Crippen LogP) is 3.88. The molecule has 5 heteroatoms. The molecular weight excluding hydrogens is 330 g/mol. The Kier molecular flexibility index (Phi) is 6.67. The summed E-state index contributed by atoms with van der Waals surface area (Å²) in [6, 6.07) is 13.6. The van der Waals surface area contributed by atoms with Gasteiger partial charge in [-0.25, -0.2) is 4.79 Å². The number of nitrogens with one attached hydrogen (secondary N) is 1. The average Bonchev–Trinajstić information content (AvgIpc) is 2.66. The number of carbonyl (C=O) groups is 3. The van der Waals surface area contributed by atoms with Gasteiger partial charge in [0.1, 0.15) is 0 Å². The number of ether oxygens (including phenoxy) is 1. The van der Waals surface area contributed by atoms with Crippen molar-refractivity contribution in [3.05, 3.63) is 65.2 Å². The van der Waals surface area contributed by atoms with Crippen LogP contribution in [0.15, 0.2) is 48.5 Å². The molecular formula is C21H23NO4. The van der Waals surface area contributed by atoms with Crippen molar-refractivity contribution in [1.29, 1.82) is 0 Å². The number of ketones is 1. The first-order valence-corrected chi connectivity index (χ1v) is 8.61. The molecule has 26 heavy (non-hydrogen) atoms. The van der Waals surface area contributed by atoms with E-state index in [-0.39, 0.29) is 24.2 Å². The van der Waals surface area contributed by atoms with Crippen molar-refractivity contribution in [2.45, 2.75) is 27.2 Å². The number of aryl methyl sites for hydroxylation is 1. The Morgan fingerprint density at radius 3 is 2.04 bits per heavy atom. The highest BCUT2D eigenvalue weighted by molar-refractivity contribution is 5.99. The van der Waals surface area contributed by atoms with E-state index >= 15 is 0 Å². The summed E-state index contributed by atoms with van der Waals surface area (Å²) in [6.07, 6.45) is 0.900. The van der Waals surface area contributed by atoms with Gasteiger partial charge in [0, 0.05) is 17.2 Å². The lowest BCUT2D eigenvalue weighted by Crippen LogP contribution is -2.18. The van der Waals surface area contributed by atoms with Crippen molar-refractivity contribution in [2.75, 3.05) is 11.9 Å². The second kappa shape index (κ2) is 8.94. The third-order valence-electron chi connectivity index (χ3n) is 3.93. The van der Waals surface area contributed by atoms with Gasteiger partial charge in [-0.3, -0.25) is 9.59 Å². The largest absolute Gasteiger partial charge is 0.454 e. The van der Waals surface area contributed by atoms with Gasteiger partial charge in [-0.2, -0.15) is 0 Å². The maximum atomic E-state index is 12.1. The normalized spacial score (nSPS) is 10.5. The Balaban J connectivity index is 1.90. The number of hydrogen-bond acceptors (Lipinski definition) is 4. The number of hydrogen-bond donors (Lipinski definition) is 1. The zero-order valence-corrected chi connectivity index (χ0v) is 15.2. The average molecular weight is 353 g/mol. The minimum Gasteiger partial charge on any atom is -0.454 e. The molecule has 0 aliphatic heterocycles. The van der Waals surface area contributed by atoms with E-state index < -0.39 is 5.97 Å². The first-order chi connectivity index (χ1) is 12.4. The summed E-state index contributed by atoms with van der Waals surface area (Å²) >= 11 is 0. The second-order valence-corrected chi connectivity index (χ2v) is 6.27. The number of Topliss-reactive ketones (excluding diaryl/α,β-unsaturated/α-hetero) is 1. The van der Waals surface area contributed by atoms with Crippen LogP contribution in [0, 0.1) is 5.92 Å². The van der Waals surface area contributed by atoms with E-state index in [1.165, 1.54) is 0 Å². The van der Waals surface area contributed by atoms with Crippen LogP contribution in [-0.2, 0) is 16.0 Å². The summed E-state index contributed by atoms with van der Waals surface area (Å²) < 4.78 is 5.08. The van der Waals surface area contributed by atoms with Gasteiger partial charge >= 0.3 is 5.97 Å². The molecule has 2 aromatic carbocycles. The van der Waals surface area contributed by atoms with Gasteiger partial charge in [-0.1, -0.05) is 45.0 Å². The molecule has 0 aliphatic rings. The molecule has 0 saturated heterocycles. The summed E-state index contributed by atoms with van der Waals surface area (Å²) in [4.78, 5) is 35.8. The number of benzene rings is 2. The van der Waals surface area contributed by atoms with Crippen LogP contribution in [-0.4, -0.2) is 24.3 Å². The van der Waals surface area contributed by atoms with E-state index in [0.29, 0.717) is 16.8 Å². The Morgan fingerprint density at radius 1 is 0.923 bits per heavy atom. The molecule has 0 atom stereocenters. The van der Waals surface area contributed by atoms with Crippen molar-refractivity contribution in [2.24, 2.45) is 5.92 Å². The van der Waals surface area contributed by atoms with Crippen LogP contribution in [0.25, 0.3) is 0 Å². The first kappa shape index (κ1) is 19.4. The maximum absolute atomic E-state index is 12.1. The molecule has 0 radical (unpaired) electrons. The third kappa shape index (κ3) is 5.28. The van der Waals surface area contributed by atoms with Gasteiger partial charge in [0.05, 0.1) is 5.56 Å². The lowest BCUT2D eigenvalue weighted by atomic mass is 10.1. The van der Waals surface area contributed by atoms with Crippen molar-refractivity contribution in [1.82, 2.24) is 0 Å². The van der Waals surface area contributed by atoms with Crippen LogP contribution in [0.2, 0.25) is 0 Å². The topological polar surface area (TPSA) is 72.5 Å². The van der Waals surface area contributed by atoms with Crippen molar-refractivity contribution in [3.63, 3.8) is 0 Å². The molecule has 0 heterocycles. The van der Waals surface area contributed by atoms with Crippen LogP contribution in [0.5, 0.6) is 0 Å². The summed E-state index contributed by atoms with van der Waals surface area (Å²) in [7, 11) is 0. The molecule has 136 valence electrons. The lowest BCUT2D eigenvalue weighted by molar-refractivity contribution is -0.118. The van der Waals surface area contributed by atoms with Crippen LogP contribution >= 0.6 is 0 Å². The number of rotatable bonds is 7. The van der Waals surface area contributed by atoms with E-state index in [4.69, 9.17) is 4.74 Å². The highest BCUT2D eigenvalue weighted by atomic mass is 16.5. The fourth-order valence-corrected chi connectivity index (χ4v) is 2.20. The number of carbonyl (C=O) groups excluding carboxylic acids is 3. The van der Waals surface area contributed by atoms with E-state index in [9.17, 15) is 14.4 Å². The van der Waals surface area contributed by atoms with E-state index in [1.807, 2.05) is 19.1 Å². The van der Waals surface area contributed by atoms with E-state index in [0.717, 1.165) is 12.0 Å². The molecule has 0 fully saturated rings. The fraction of sp³-hybridized carbons (Fsp3) is 0.286. The molecule has 2 aromatic rings. The van der Waals surface area contributed by atoms with Gasteiger partial charge < -0.3 is 10.1 Å². The molecule has 2 rings (SSSR count). The van der Waals surface area contributed by atoms with Gasteiger partial charge in [-0.05, 0) is 36.2 Å². The van der Waals surface area contributed by atoms with Crippen LogP contribution in [0.1, 0.15) is 47.1 Å². The molecule has 0 aliphatic carbocycles. The summed E-state index contributed by atoms with van der Waals surface area (Å²) in [5.74, 6) is -1.05. The van der Waals surface area contributed by atoms with Gasteiger partial charge in [-0.15, -0.1) is 0 Å². The molecule has 0 aromatic heterocycles. The van der Waals surface area contributed by atoms with Gasteiger partial charge in [0.15, 0.2) is 12.4 Å². The minimum atomic E-state index is -0.578. The summed E-state index contributed by atoms with van der Waals surface area (Å²) in [5, 5.41) is 2.74. The summed E-state index contributed by atoms with van der Waals surface area (Å²) in [6.45, 7) is 5.33. The lowest BCUT2D eigenvalue weighted by Gasteiger charge is -2.08. The Labute approximate surface area is 153 Å². The monoisotopic (exact) mass is 353 g/mol. The van der Waals surface area contributed by atoms with Crippen molar-refractivity contribution in [3.8, 4) is 0 Å². The standard InChI is InChI=1S/C21H23NO4/c1-4-15-5-7-16(8-6-15)19(23)13-26-21(25)17-9-11-18(12-10-17)22-20(24)14(2)3/h5-12,14H,4,13H2,1-3H3,(H,22,24). The number of amides is 1. The Morgan fingerprint density at radius 2 is 1.50 bits per heavy atom. The number of esters is 1. The van der Waals surface area contributed by atoms with E-state index in [2.05, 4.69) is 5.32 Å². The first-order valence-electron chi connectivity index (χ1n) is 8.61. The molecule has 0 spiro atoms. The second-order valence-electron chi connectivity index (χ2n) is 6.27. The highest BCUT2D eigenvalue weighted by Gasteiger charge is 2.13. The zero-order valence-electron chi connectivity index (χ0n) is 15.2. The minimum absolute atomic E-state index is 0.0972. The van der Waals surface area contributed by atoms with Gasteiger partial charge in [0.25, 0.3) is 0 Å². The highest BCUT2D eigenvalue weighted by Crippen LogP contribution is 2.12.